The van der Waals surface area contributed by atoms with Crippen molar-refractivity contribution in [3.63, 3.8) is 0 Å². The molecule has 0 aliphatic heterocycles. The molecule has 0 N–H and O–H groups in total. The number of hydrogen-bond donors (Lipinski definition) is 0. The number of anilines is 1. The summed E-state index contributed by atoms with van der Waals surface area (Å²) < 4.78 is 1.96. The molecule has 96 valence electrons. The van der Waals surface area contributed by atoms with Gasteiger partial charge in [0, 0.05) is 31.4 Å². The fraction of sp³-hybridized carbons (Fsp3) is 0.583. The molecular formula is C12H16ClN5. The molecule has 0 radical (unpaired) electrons. The molecule has 6 heteroatoms. The van der Waals surface area contributed by atoms with Crippen LogP contribution in [0.4, 0.5) is 5.82 Å². The quantitative estimate of drug-likeness (QED) is 0.795. The first-order valence-electron chi connectivity index (χ1n) is 6.16. The summed E-state index contributed by atoms with van der Waals surface area (Å²) in [4.78, 5) is 6.57. The number of halogens is 1. The molecule has 0 bridgehead atoms. The van der Waals surface area contributed by atoms with E-state index in [1.807, 2.05) is 24.6 Å². The highest BCUT2D eigenvalue weighted by molar-refractivity contribution is 6.21. The summed E-state index contributed by atoms with van der Waals surface area (Å²) in [6, 6.07) is 0. The maximum Gasteiger partial charge on any atom is 0.203 e. The smallest absolute Gasteiger partial charge is 0.203 e. The van der Waals surface area contributed by atoms with Gasteiger partial charge >= 0.3 is 0 Å². The molecule has 0 unspecified atom stereocenters. The predicted octanol–water partition coefficient (Wildman–Crippen LogP) is 1.89. The van der Waals surface area contributed by atoms with E-state index < -0.39 is 0 Å². The van der Waals surface area contributed by atoms with E-state index in [4.69, 9.17) is 11.6 Å². The molecule has 0 amide bonds. The van der Waals surface area contributed by atoms with Gasteiger partial charge in [-0.15, -0.1) is 21.8 Å². The highest BCUT2D eigenvalue weighted by atomic mass is 35.5. The number of aromatic nitrogens is 4. The minimum atomic E-state index is 0.363. The molecule has 18 heavy (non-hydrogen) atoms. The minimum absolute atomic E-state index is 0.363. The van der Waals surface area contributed by atoms with E-state index in [-0.39, 0.29) is 0 Å². The minimum Gasteiger partial charge on any atom is -0.356 e. The second-order valence-corrected chi connectivity index (χ2v) is 5.62. The molecular weight excluding hydrogens is 250 g/mol. The van der Waals surface area contributed by atoms with Crippen molar-refractivity contribution < 1.29 is 0 Å². The first kappa shape index (κ1) is 11.7. The fourth-order valence-corrected chi connectivity index (χ4v) is 2.98. The van der Waals surface area contributed by atoms with Crippen molar-refractivity contribution >= 4 is 23.1 Å². The third kappa shape index (κ3) is 1.92. The SMILES string of the molecule is Cc1nnc2c(N(C)CC3CC(Cl)C3)nccn12. The molecule has 1 aliphatic carbocycles. The van der Waals surface area contributed by atoms with Gasteiger partial charge in [0.1, 0.15) is 5.82 Å². The number of nitrogens with zero attached hydrogens (tertiary/aromatic N) is 5. The third-order valence-corrected chi connectivity index (χ3v) is 3.91. The van der Waals surface area contributed by atoms with Crippen LogP contribution < -0.4 is 4.90 Å². The van der Waals surface area contributed by atoms with Gasteiger partial charge in [0.05, 0.1) is 0 Å². The molecule has 0 saturated heterocycles. The van der Waals surface area contributed by atoms with Crippen LogP contribution in [0.5, 0.6) is 0 Å². The molecule has 0 aromatic carbocycles. The van der Waals surface area contributed by atoms with Crippen LogP contribution >= 0.6 is 11.6 Å². The molecule has 2 aromatic heterocycles. The predicted molar refractivity (Wildman–Crippen MR) is 71.2 cm³/mol. The summed E-state index contributed by atoms with van der Waals surface area (Å²) in [5, 5.41) is 8.64. The number of rotatable bonds is 3. The van der Waals surface area contributed by atoms with E-state index in [0.717, 1.165) is 36.7 Å². The Morgan fingerprint density at radius 1 is 1.44 bits per heavy atom. The molecule has 0 spiro atoms. The lowest BCUT2D eigenvalue weighted by Crippen LogP contribution is -2.35. The summed E-state index contributed by atoms with van der Waals surface area (Å²) in [6.07, 6.45) is 5.88. The van der Waals surface area contributed by atoms with Crippen LogP contribution in [-0.4, -0.2) is 38.6 Å². The number of aryl methyl sites for hydroxylation is 1. The molecule has 1 saturated carbocycles. The lowest BCUT2D eigenvalue weighted by molar-refractivity contribution is 0.328. The molecule has 2 heterocycles. The van der Waals surface area contributed by atoms with E-state index >= 15 is 0 Å². The second kappa shape index (κ2) is 4.39. The van der Waals surface area contributed by atoms with Crippen LogP contribution in [0, 0.1) is 12.8 Å². The zero-order valence-corrected chi connectivity index (χ0v) is 11.3. The van der Waals surface area contributed by atoms with Crippen LogP contribution in [0.15, 0.2) is 12.4 Å². The van der Waals surface area contributed by atoms with E-state index in [9.17, 15) is 0 Å². The maximum absolute atomic E-state index is 6.01. The maximum atomic E-state index is 6.01. The lowest BCUT2D eigenvalue weighted by atomic mass is 9.84. The van der Waals surface area contributed by atoms with E-state index in [0.29, 0.717) is 11.3 Å². The summed E-state index contributed by atoms with van der Waals surface area (Å²) >= 11 is 6.01. The van der Waals surface area contributed by atoms with Crippen molar-refractivity contribution in [2.24, 2.45) is 5.92 Å². The van der Waals surface area contributed by atoms with Gasteiger partial charge in [-0.05, 0) is 25.7 Å². The Kier molecular flexibility index (Phi) is 2.86. The molecule has 3 rings (SSSR count). The Hall–Kier alpha value is -1.36. The summed E-state index contributed by atoms with van der Waals surface area (Å²) in [5.41, 5.74) is 0.819. The first-order chi connectivity index (χ1) is 8.65. The second-order valence-electron chi connectivity index (χ2n) is 5.01. The Morgan fingerprint density at radius 2 is 2.22 bits per heavy atom. The van der Waals surface area contributed by atoms with Gasteiger partial charge in [0.2, 0.25) is 5.65 Å². The molecule has 1 fully saturated rings. The Balaban J connectivity index is 1.84. The summed E-state index contributed by atoms with van der Waals surface area (Å²) in [6.45, 7) is 2.91. The van der Waals surface area contributed by atoms with Crippen molar-refractivity contribution in [3.05, 3.63) is 18.2 Å². The van der Waals surface area contributed by atoms with Crippen molar-refractivity contribution in [2.75, 3.05) is 18.5 Å². The molecule has 1 aliphatic rings. The van der Waals surface area contributed by atoms with Gasteiger partial charge in [-0.1, -0.05) is 0 Å². The Morgan fingerprint density at radius 3 is 2.94 bits per heavy atom. The first-order valence-corrected chi connectivity index (χ1v) is 6.60. The van der Waals surface area contributed by atoms with Crippen LogP contribution in [0.1, 0.15) is 18.7 Å². The van der Waals surface area contributed by atoms with Crippen molar-refractivity contribution in [1.82, 2.24) is 19.6 Å². The summed E-state index contributed by atoms with van der Waals surface area (Å²) in [7, 11) is 2.05. The van der Waals surface area contributed by atoms with E-state index in [1.54, 1.807) is 6.20 Å². The number of hydrogen-bond acceptors (Lipinski definition) is 4. The van der Waals surface area contributed by atoms with E-state index in [1.165, 1.54) is 0 Å². The van der Waals surface area contributed by atoms with Crippen molar-refractivity contribution in [2.45, 2.75) is 25.1 Å². The monoisotopic (exact) mass is 265 g/mol. The van der Waals surface area contributed by atoms with Gasteiger partial charge in [-0.3, -0.25) is 4.40 Å². The van der Waals surface area contributed by atoms with Crippen molar-refractivity contribution in [1.29, 1.82) is 0 Å². The normalized spacial score (nSPS) is 23.1. The van der Waals surface area contributed by atoms with Crippen LogP contribution in [0.25, 0.3) is 5.65 Å². The average Bonchev–Trinajstić information content (AvgIpc) is 2.69. The number of alkyl halides is 1. The molecule has 0 atom stereocenters. The van der Waals surface area contributed by atoms with E-state index in [2.05, 4.69) is 20.1 Å². The summed E-state index contributed by atoms with van der Waals surface area (Å²) in [5.74, 6) is 2.44. The van der Waals surface area contributed by atoms with Crippen LogP contribution in [0.2, 0.25) is 0 Å². The zero-order valence-electron chi connectivity index (χ0n) is 10.5. The highest BCUT2D eigenvalue weighted by Gasteiger charge is 2.28. The average molecular weight is 266 g/mol. The fourth-order valence-electron chi connectivity index (χ4n) is 2.48. The zero-order chi connectivity index (χ0) is 12.7. The number of fused-ring (bicyclic) bond motifs is 1. The van der Waals surface area contributed by atoms with Gasteiger partial charge in [-0.25, -0.2) is 4.98 Å². The van der Waals surface area contributed by atoms with Gasteiger partial charge in [0.15, 0.2) is 5.82 Å². The Labute approximate surface area is 111 Å². The van der Waals surface area contributed by atoms with Gasteiger partial charge < -0.3 is 4.90 Å². The van der Waals surface area contributed by atoms with Gasteiger partial charge in [0.25, 0.3) is 0 Å². The standard InChI is InChI=1S/C12H16ClN5/c1-8-15-16-12-11(14-3-4-18(8)12)17(2)7-9-5-10(13)6-9/h3-4,9-10H,5-7H2,1-2H3. The largest absolute Gasteiger partial charge is 0.356 e. The van der Waals surface area contributed by atoms with Crippen LogP contribution in [0.3, 0.4) is 0 Å². The van der Waals surface area contributed by atoms with Gasteiger partial charge in [-0.2, -0.15) is 0 Å². The molecule has 5 nitrogen and oxygen atoms in total. The highest BCUT2D eigenvalue weighted by Crippen LogP contribution is 2.33. The van der Waals surface area contributed by atoms with Crippen LogP contribution in [-0.2, 0) is 0 Å². The molecule has 2 aromatic rings. The lowest BCUT2D eigenvalue weighted by Gasteiger charge is -2.34. The Bertz CT molecular complexity index is 561. The third-order valence-electron chi connectivity index (χ3n) is 3.55. The topological polar surface area (TPSA) is 46.3 Å². The van der Waals surface area contributed by atoms with Crippen molar-refractivity contribution in [3.8, 4) is 0 Å².